The first-order valence-corrected chi connectivity index (χ1v) is 11.4. The smallest absolute Gasteiger partial charge is 0.303 e. The third-order valence-corrected chi connectivity index (χ3v) is 6.84. The minimum absolute atomic E-state index is 0.0175. The summed E-state index contributed by atoms with van der Waals surface area (Å²) in [5.41, 5.74) is 1.26. The molecule has 2 heterocycles. The second kappa shape index (κ2) is 11.2. The van der Waals surface area contributed by atoms with E-state index in [0.717, 1.165) is 25.9 Å². The van der Waals surface area contributed by atoms with Crippen molar-refractivity contribution in [2.75, 3.05) is 26.3 Å². The predicted octanol–water partition coefficient (Wildman–Crippen LogP) is 3.22. The van der Waals surface area contributed by atoms with Crippen molar-refractivity contribution < 1.29 is 24.5 Å². The van der Waals surface area contributed by atoms with Gasteiger partial charge in [0.1, 0.15) is 0 Å². The Morgan fingerprint density at radius 3 is 2.86 bits per heavy atom. The van der Waals surface area contributed by atoms with Crippen molar-refractivity contribution in [3.8, 4) is 0 Å². The number of morpholine rings is 1. The van der Waals surface area contributed by atoms with Gasteiger partial charge in [0.15, 0.2) is 0 Å². The van der Waals surface area contributed by atoms with Crippen molar-refractivity contribution in [3.05, 3.63) is 34.0 Å². The zero-order chi connectivity index (χ0) is 20.6. The van der Waals surface area contributed by atoms with E-state index in [1.54, 1.807) is 11.3 Å². The van der Waals surface area contributed by atoms with Gasteiger partial charge in [-0.15, -0.1) is 11.3 Å². The number of carboxylic acids is 1. The summed E-state index contributed by atoms with van der Waals surface area (Å²) in [6, 6.07) is 2.24. The van der Waals surface area contributed by atoms with Crippen LogP contribution in [-0.2, 0) is 20.9 Å². The van der Waals surface area contributed by atoms with Gasteiger partial charge in [-0.25, -0.2) is 0 Å². The lowest BCUT2D eigenvalue weighted by Gasteiger charge is -2.37. The van der Waals surface area contributed by atoms with E-state index in [9.17, 15) is 9.90 Å². The largest absolute Gasteiger partial charge is 0.481 e. The Morgan fingerprint density at radius 1 is 1.38 bits per heavy atom. The second-order valence-electron chi connectivity index (χ2n) is 8.04. The zero-order valence-corrected chi connectivity index (χ0v) is 18.0. The van der Waals surface area contributed by atoms with Gasteiger partial charge in [0.2, 0.25) is 0 Å². The number of aliphatic carboxylic acids is 1. The van der Waals surface area contributed by atoms with Crippen LogP contribution in [0.2, 0.25) is 0 Å². The number of ether oxygens (including phenoxy) is 2. The van der Waals surface area contributed by atoms with Crippen LogP contribution >= 0.6 is 11.3 Å². The number of hydrogen-bond acceptors (Lipinski definition) is 6. The number of aliphatic hydroxyl groups is 1. The van der Waals surface area contributed by atoms with E-state index in [-0.39, 0.29) is 24.5 Å². The fourth-order valence-corrected chi connectivity index (χ4v) is 5.22. The van der Waals surface area contributed by atoms with Crippen LogP contribution in [0.4, 0.5) is 0 Å². The number of carboxylic acid groups (broad SMARTS) is 1. The molecule has 7 heteroatoms. The Morgan fingerprint density at radius 2 is 2.17 bits per heavy atom. The van der Waals surface area contributed by atoms with E-state index >= 15 is 0 Å². The molecule has 4 atom stereocenters. The number of rotatable bonds is 10. The lowest BCUT2D eigenvalue weighted by atomic mass is 9.94. The lowest BCUT2D eigenvalue weighted by molar-refractivity contribution is -0.137. The maximum absolute atomic E-state index is 10.8. The number of aliphatic hydroxyl groups excluding tert-OH is 1. The molecule has 0 radical (unpaired) electrons. The first kappa shape index (κ1) is 22.4. The Labute approximate surface area is 177 Å². The minimum atomic E-state index is -0.748. The van der Waals surface area contributed by atoms with Crippen LogP contribution < -0.4 is 0 Å². The van der Waals surface area contributed by atoms with Gasteiger partial charge in [-0.05, 0) is 43.2 Å². The van der Waals surface area contributed by atoms with Gasteiger partial charge in [0, 0.05) is 42.8 Å². The van der Waals surface area contributed by atoms with Gasteiger partial charge in [-0.3, -0.25) is 9.69 Å². The molecule has 29 heavy (non-hydrogen) atoms. The zero-order valence-electron chi connectivity index (χ0n) is 17.2. The topological polar surface area (TPSA) is 79.2 Å². The molecule has 2 N–H and O–H groups in total. The molecule has 3 rings (SSSR count). The molecule has 4 unspecified atom stereocenters. The maximum atomic E-state index is 10.8. The van der Waals surface area contributed by atoms with Crippen molar-refractivity contribution >= 4 is 17.3 Å². The van der Waals surface area contributed by atoms with E-state index in [4.69, 9.17) is 14.6 Å². The Balaban J connectivity index is 1.61. The van der Waals surface area contributed by atoms with Crippen molar-refractivity contribution in [1.29, 1.82) is 0 Å². The van der Waals surface area contributed by atoms with E-state index in [0.29, 0.717) is 32.7 Å². The predicted molar refractivity (Wildman–Crippen MR) is 113 cm³/mol. The molecule has 0 aromatic carbocycles. The molecule has 162 valence electrons. The van der Waals surface area contributed by atoms with Crippen LogP contribution in [0.5, 0.6) is 0 Å². The lowest BCUT2D eigenvalue weighted by Crippen LogP contribution is -2.50. The summed E-state index contributed by atoms with van der Waals surface area (Å²) < 4.78 is 11.8. The van der Waals surface area contributed by atoms with E-state index in [2.05, 4.69) is 35.4 Å². The van der Waals surface area contributed by atoms with Gasteiger partial charge in [0.25, 0.3) is 0 Å². The first-order valence-electron chi connectivity index (χ1n) is 10.6. The third kappa shape index (κ3) is 6.62. The summed E-state index contributed by atoms with van der Waals surface area (Å²) in [5.74, 6) is -0.526. The van der Waals surface area contributed by atoms with Crippen molar-refractivity contribution in [3.63, 3.8) is 0 Å². The average molecular weight is 424 g/mol. The summed E-state index contributed by atoms with van der Waals surface area (Å²) >= 11 is 1.72. The van der Waals surface area contributed by atoms with Gasteiger partial charge in [-0.1, -0.05) is 12.2 Å². The first-order chi connectivity index (χ1) is 14.0. The van der Waals surface area contributed by atoms with Crippen LogP contribution in [0.15, 0.2) is 23.6 Å². The van der Waals surface area contributed by atoms with E-state index in [1.165, 1.54) is 10.4 Å². The van der Waals surface area contributed by atoms with Crippen LogP contribution in [0.3, 0.4) is 0 Å². The molecule has 0 bridgehead atoms. The van der Waals surface area contributed by atoms with Crippen molar-refractivity contribution in [2.24, 2.45) is 5.92 Å². The standard InChI is InChI=1S/C22H33NO5S/c1-16-12-17(29-15-16)14-28-20-13-19(24)22(23-8-10-27-11-9-23)18(20)6-4-2-3-5-7-21(25)26/h2,4,12,15,18-20,22,24H,3,5-11,13-14H2,1H3,(H,25,26)/b4-2+. The molecular formula is C22H33NO5S. The maximum Gasteiger partial charge on any atom is 0.303 e. The molecule has 2 fully saturated rings. The number of unbranched alkanes of at least 4 members (excludes halogenated alkanes) is 1. The van der Waals surface area contributed by atoms with Crippen LogP contribution in [-0.4, -0.2) is 65.6 Å². The molecule has 0 amide bonds. The van der Waals surface area contributed by atoms with Crippen LogP contribution in [0.1, 0.15) is 42.5 Å². The second-order valence-corrected chi connectivity index (χ2v) is 9.03. The molecule has 1 aromatic heterocycles. The van der Waals surface area contributed by atoms with Gasteiger partial charge in [0.05, 0.1) is 32.0 Å². The normalized spacial score (nSPS) is 28.3. The van der Waals surface area contributed by atoms with Crippen molar-refractivity contribution in [1.82, 2.24) is 4.90 Å². The third-order valence-electron chi connectivity index (χ3n) is 5.81. The highest BCUT2D eigenvalue weighted by Crippen LogP contribution is 2.36. The monoisotopic (exact) mass is 423 g/mol. The molecule has 0 spiro atoms. The summed E-state index contributed by atoms with van der Waals surface area (Å²) in [6.45, 7) is 5.78. The molecule has 1 aliphatic carbocycles. The summed E-state index contributed by atoms with van der Waals surface area (Å²) in [4.78, 5) is 14.2. The molecule has 1 saturated heterocycles. The Hall–Kier alpha value is -1.25. The molecule has 1 saturated carbocycles. The number of carbonyl (C=O) groups is 1. The van der Waals surface area contributed by atoms with Crippen LogP contribution in [0.25, 0.3) is 0 Å². The quantitative estimate of drug-likeness (QED) is 0.444. The number of thiophene rings is 1. The number of hydrogen-bond donors (Lipinski definition) is 2. The Kier molecular flexibility index (Phi) is 8.68. The molecule has 1 aliphatic heterocycles. The van der Waals surface area contributed by atoms with Crippen LogP contribution in [0, 0.1) is 12.8 Å². The summed E-state index contributed by atoms with van der Waals surface area (Å²) in [5, 5.41) is 21.7. The fourth-order valence-electron chi connectivity index (χ4n) is 4.43. The number of nitrogens with zero attached hydrogens (tertiary/aromatic N) is 1. The minimum Gasteiger partial charge on any atom is -0.481 e. The molecular weight excluding hydrogens is 390 g/mol. The molecule has 1 aromatic rings. The van der Waals surface area contributed by atoms with Crippen molar-refractivity contribution in [2.45, 2.75) is 63.9 Å². The van der Waals surface area contributed by atoms with Gasteiger partial charge >= 0.3 is 5.97 Å². The highest BCUT2D eigenvalue weighted by molar-refractivity contribution is 7.10. The molecule has 6 nitrogen and oxygen atoms in total. The van der Waals surface area contributed by atoms with Gasteiger partial charge < -0.3 is 19.7 Å². The Bertz CT molecular complexity index is 670. The highest BCUT2D eigenvalue weighted by atomic mass is 32.1. The number of aryl methyl sites for hydroxylation is 1. The highest BCUT2D eigenvalue weighted by Gasteiger charge is 2.45. The number of allylic oxidation sites excluding steroid dienone is 2. The average Bonchev–Trinajstić information content (AvgIpc) is 3.25. The molecule has 2 aliphatic rings. The summed E-state index contributed by atoms with van der Waals surface area (Å²) in [7, 11) is 0. The van der Waals surface area contributed by atoms with Gasteiger partial charge in [-0.2, -0.15) is 0 Å². The van der Waals surface area contributed by atoms with E-state index in [1.807, 2.05) is 0 Å². The fraction of sp³-hybridized carbons (Fsp3) is 0.682. The SMILES string of the molecule is Cc1csc(COC2CC(O)C(N3CCOCC3)C2C/C=C/CCCC(=O)O)c1. The van der Waals surface area contributed by atoms with E-state index < -0.39 is 12.1 Å². The summed E-state index contributed by atoms with van der Waals surface area (Å²) in [6.07, 6.45) is 6.96.